The van der Waals surface area contributed by atoms with Gasteiger partial charge in [-0.15, -0.1) is 0 Å². The van der Waals surface area contributed by atoms with Crippen molar-refractivity contribution in [3.05, 3.63) is 59.7 Å². The van der Waals surface area contributed by atoms with E-state index in [0.717, 1.165) is 11.1 Å². The summed E-state index contributed by atoms with van der Waals surface area (Å²) in [5.74, 6) is -0.973. The fraction of sp³-hybridized carbons (Fsp3) is 0.333. The van der Waals surface area contributed by atoms with Gasteiger partial charge in [0.15, 0.2) is 6.10 Å². The molecule has 0 aliphatic carbocycles. The molecule has 0 saturated heterocycles. The molecule has 0 saturated carbocycles. The van der Waals surface area contributed by atoms with Crippen LogP contribution in [0, 0.1) is 6.92 Å². The van der Waals surface area contributed by atoms with Crippen molar-refractivity contribution in [1.29, 1.82) is 0 Å². The number of rotatable bonds is 8. The number of hydrogen-bond donors (Lipinski definition) is 2. The first-order valence-corrected chi connectivity index (χ1v) is 10.7. The van der Waals surface area contributed by atoms with Crippen LogP contribution >= 0.6 is 0 Å². The number of sulfonamides is 1. The summed E-state index contributed by atoms with van der Waals surface area (Å²) in [7, 11) is -3.84. The highest BCUT2D eigenvalue weighted by molar-refractivity contribution is 7.89. The van der Waals surface area contributed by atoms with Crippen LogP contribution in [0.1, 0.15) is 37.8 Å². The molecule has 29 heavy (non-hydrogen) atoms. The van der Waals surface area contributed by atoms with E-state index in [9.17, 15) is 18.0 Å². The number of amides is 1. The lowest BCUT2D eigenvalue weighted by molar-refractivity contribution is -0.151. The second-order valence-corrected chi connectivity index (χ2v) is 8.80. The predicted octanol–water partition coefficient (Wildman–Crippen LogP) is 2.97. The summed E-state index contributed by atoms with van der Waals surface area (Å²) in [6.45, 7) is 6.83. The molecule has 0 fully saturated rings. The zero-order valence-corrected chi connectivity index (χ0v) is 17.7. The topological polar surface area (TPSA) is 102 Å². The van der Waals surface area contributed by atoms with Crippen molar-refractivity contribution in [2.24, 2.45) is 0 Å². The Morgan fingerprint density at radius 3 is 2.10 bits per heavy atom. The van der Waals surface area contributed by atoms with Crippen molar-refractivity contribution in [2.45, 2.75) is 44.6 Å². The van der Waals surface area contributed by atoms with Crippen LogP contribution in [0.15, 0.2) is 53.4 Å². The zero-order valence-electron chi connectivity index (χ0n) is 16.9. The van der Waals surface area contributed by atoms with Gasteiger partial charge in [0.05, 0.1) is 4.90 Å². The summed E-state index contributed by atoms with van der Waals surface area (Å²) in [5.41, 5.74) is 2.65. The quantitative estimate of drug-likeness (QED) is 0.642. The van der Waals surface area contributed by atoms with Crippen molar-refractivity contribution < 1.29 is 22.7 Å². The van der Waals surface area contributed by atoms with Crippen molar-refractivity contribution in [1.82, 2.24) is 4.72 Å². The van der Waals surface area contributed by atoms with E-state index in [-0.39, 0.29) is 4.90 Å². The van der Waals surface area contributed by atoms with Gasteiger partial charge in [0.25, 0.3) is 5.91 Å². The number of carbonyl (C=O) groups excluding carboxylic acids is 2. The van der Waals surface area contributed by atoms with E-state index < -0.39 is 34.5 Å². The third-order valence-corrected chi connectivity index (χ3v) is 5.68. The highest BCUT2D eigenvalue weighted by Crippen LogP contribution is 2.17. The Kier molecular flexibility index (Phi) is 7.53. The summed E-state index contributed by atoms with van der Waals surface area (Å²) in [6, 6.07) is 13.6. The molecule has 0 aromatic heterocycles. The molecule has 7 nitrogen and oxygen atoms in total. The predicted molar refractivity (Wildman–Crippen MR) is 111 cm³/mol. The number of esters is 1. The minimum Gasteiger partial charge on any atom is -0.452 e. The van der Waals surface area contributed by atoms with Gasteiger partial charge < -0.3 is 10.1 Å². The van der Waals surface area contributed by atoms with Crippen LogP contribution < -0.4 is 10.0 Å². The van der Waals surface area contributed by atoms with Crippen LogP contribution in [0.2, 0.25) is 0 Å². The van der Waals surface area contributed by atoms with E-state index in [2.05, 4.69) is 23.9 Å². The third kappa shape index (κ3) is 6.69. The fourth-order valence-electron chi connectivity index (χ4n) is 2.44. The SMILES string of the molecule is Cc1ccc(S(=O)(=O)NCC(=O)O[C@@H](C)C(=O)Nc2ccc(C(C)C)cc2)cc1. The van der Waals surface area contributed by atoms with E-state index in [0.29, 0.717) is 11.6 Å². The van der Waals surface area contributed by atoms with Gasteiger partial charge in [-0.25, -0.2) is 8.42 Å². The number of benzene rings is 2. The van der Waals surface area contributed by atoms with Crippen LogP contribution in [0.4, 0.5) is 5.69 Å². The Hall–Kier alpha value is -2.71. The molecular formula is C21H26N2O5S. The molecule has 2 aromatic carbocycles. The highest BCUT2D eigenvalue weighted by atomic mass is 32.2. The van der Waals surface area contributed by atoms with E-state index in [4.69, 9.17) is 4.74 Å². The molecular weight excluding hydrogens is 392 g/mol. The van der Waals surface area contributed by atoms with E-state index in [1.54, 1.807) is 24.3 Å². The molecule has 0 bridgehead atoms. The number of nitrogens with one attached hydrogen (secondary N) is 2. The molecule has 0 radical (unpaired) electrons. The molecule has 0 aliphatic heterocycles. The molecule has 0 unspecified atom stereocenters. The fourth-order valence-corrected chi connectivity index (χ4v) is 3.41. The van der Waals surface area contributed by atoms with Crippen LogP contribution in [-0.4, -0.2) is 32.9 Å². The smallest absolute Gasteiger partial charge is 0.321 e. The molecule has 1 atom stereocenters. The Morgan fingerprint density at radius 1 is 0.966 bits per heavy atom. The van der Waals surface area contributed by atoms with Crippen molar-refractivity contribution in [2.75, 3.05) is 11.9 Å². The number of carbonyl (C=O) groups is 2. The number of hydrogen-bond acceptors (Lipinski definition) is 5. The van der Waals surface area contributed by atoms with Crippen LogP contribution in [0.5, 0.6) is 0 Å². The highest BCUT2D eigenvalue weighted by Gasteiger charge is 2.20. The Bertz CT molecular complexity index is 952. The molecule has 156 valence electrons. The molecule has 0 heterocycles. The zero-order chi connectivity index (χ0) is 21.6. The lowest BCUT2D eigenvalue weighted by Gasteiger charge is -2.14. The summed E-state index contributed by atoms with van der Waals surface area (Å²) >= 11 is 0. The Labute approximate surface area is 171 Å². The first kappa shape index (κ1) is 22.6. The van der Waals surface area contributed by atoms with Crippen molar-refractivity contribution in [3.8, 4) is 0 Å². The van der Waals surface area contributed by atoms with Crippen molar-refractivity contribution >= 4 is 27.6 Å². The standard InChI is InChI=1S/C21H26N2O5S/c1-14(2)17-7-9-18(10-8-17)23-21(25)16(4)28-20(24)13-22-29(26,27)19-11-5-15(3)6-12-19/h5-12,14,16,22H,13H2,1-4H3,(H,23,25)/t16-/m0/s1. The van der Waals surface area contributed by atoms with E-state index >= 15 is 0 Å². The van der Waals surface area contributed by atoms with Gasteiger partial charge in [-0.1, -0.05) is 43.7 Å². The third-order valence-electron chi connectivity index (χ3n) is 4.26. The van der Waals surface area contributed by atoms with Crippen LogP contribution in [-0.2, 0) is 24.3 Å². The largest absolute Gasteiger partial charge is 0.452 e. The van der Waals surface area contributed by atoms with Crippen LogP contribution in [0.3, 0.4) is 0 Å². The van der Waals surface area contributed by atoms with E-state index in [1.165, 1.54) is 19.1 Å². The summed E-state index contributed by atoms with van der Waals surface area (Å²) in [5, 5.41) is 2.66. The maximum atomic E-state index is 12.2. The van der Waals surface area contributed by atoms with Gasteiger partial charge in [-0.05, 0) is 49.6 Å². The molecule has 8 heteroatoms. The van der Waals surface area contributed by atoms with Gasteiger partial charge in [-0.2, -0.15) is 4.72 Å². The maximum absolute atomic E-state index is 12.2. The summed E-state index contributed by atoms with van der Waals surface area (Å²) < 4.78 is 31.6. The van der Waals surface area contributed by atoms with Gasteiger partial charge >= 0.3 is 5.97 Å². The summed E-state index contributed by atoms with van der Waals surface area (Å²) in [6.07, 6.45) is -1.07. The molecule has 0 aliphatic rings. The monoisotopic (exact) mass is 418 g/mol. The van der Waals surface area contributed by atoms with Crippen molar-refractivity contribution in [3.63, 3.8) is 0 Å². The minimum absolute atomic E-state index is 0.0477. The molecule has 2 aromatic rings. The second-order valence-electron chi connectivity index (χ2n) is 7.04. The number of ether oxygens (including phenoxy) is 1. The molecule has 2 N–H and O–H groups in total. The van der Waals surface area contributed by atoms with Crippen LogP contribution in [0.25, 0.3) is 0 Å². The Morgan fingerprint density at radius 2 is 1.55 bits per heavy atom. The first-order chi connectivity index (χ1) is 13.6. The lowest BCUT2D eigenvalue weighted by atomic mass is 10.0. The minimum atomic E-state index is -3.84. The number of anilines is 1. The summed E-state index contributed by atoms with van der Waals surface area (Å²) in [4.78, 5) is 24.2. The first-order valence-electron chi connectivity index (χ1n) is 9.25. The van der Waals surface area contributed by atoms with E-state index in [1.807, 2.05) is 19.1 Å². The van der Waals surface area contributed by atoms with Gasteiger partial charge in [0.2, 0.25) is 10.0 Å². The maximum Gasteiger partial charge on any atom is 0.321 e. The molecule has 1 amide bonds. The normalized spacial score (nSPS) is 12.4. The second kappa shape index (κ2) is 9.67. The van der Waals surface area contributed by atoms with Gasteiger partial charge in [0.1, 0.15) is 6.54 Å². The average Bonchev–Trinajstić information content (AvgIpc) is 2.67. The van der Waals surface area contributed by atoms with Gasteiger partial charge in [-0.3, -0.25) is 9.59 Å². The molecule has 2 rings (SSSR count). The lowest BCUT2D eigenvalue weighted by Crippen LogP contribution is -2.35. The average molecular weight is 419 g/mol. The molecule has 0 spiro atoms. The van der Waals surface area contributed by atoms with Gasteiger partial charge in [0, 0.05) is 5.69 Å². The Balaban J connectivity index is 1.86. The number of aryl methyl sites for hydroxylation is 1.